The van der Waals surface area contributed by atoms with Gasteiger partial charge in [-0.2, -0.15) is 0 Å². The summed E-state index contributed by atoms with van der Waals surface area (Å²) in [6, 6.07) is 5.79. The van der Waals surface area contributed by atoms with Gasteiger partial charge >= 0.3 is 0 Å². The molecule has 0 radical (unpaired) electrons. The van der Waals surface area contributed by atoms with E-state index >= 15 is 0 Å². The second-order valence-electron chi connectivity index (χ2n) is 10.4. The third kappa shape index (κ3) is 8.76. The van der Waals surface area contributed by atoms with E-state index in [4.69, 9.17) is 5.73 Å². The number of nitrogens with zero attached hydrogens (tertiary/aromatic N) is 1. The van der Waals surface area contributed by atoms with Crippen LogP contribution >= 0.6 is 0 Å². The lowest BCUT2D eigenvalue weighted by Gasteiger charge is -2.38. The summed E-state index contributed by atoms with van der Waals surface area (Å²) < 4.78 is 14.6. The Hall–Kier alpha value is -2.75. The van der Waals surface area contributed by atoms with Crippen LogP contribution < -0.4 is 11.1 Å². The smallest absolute Gasteiger partial charge is 0.124 e. The first-order chi connectivity index (χ1) is 16.7. The van der Waals surface area contributed by atoms with Crippen molar-refractivity contribution in [1.82, 2.24) is 10.2 Å². The Morgan fingerprint density at radius 3 is 2.54 bits per heavy atom. The van der Waals surface area contributed by atoms with Gasteiger partial charge in [-0.25, -0.2) is 4.39 Å². The largest absolute Gasteiger partial charge is 0.405 e. The molecule has 3 nitrogen and oxygen atoms in total. The zero-order valence-corrected chi connectivity index (χ0v) is 22.7. The highest BCUT2D eigenvalue weighted by Crippen LogP contribution is 2.34. The summed E-state index contributed by atoms with van der Waals surface area (Å²) in [7, 11) is 2.13. The Balaban J connectivity index is 2.36. The van der Waals surface area contributed by atoms with Crippen molar-refractivity contribution in [3.8, 4) is 0 Å². The third-order valence-corrected chi connectivity index (χ3v) is 6.89. The number of nitrogens with two attached hydrogens (primary N) is 1. The van der Waals surface area contributed by atoms with Gasteiger partial charge in [0.25, 0.3) is 0 Å². The minimum absolute atomic E-state index is 0.122. The van der Waals surface area contributed by atoms with Crippen molar-refractivity contribution < 1.29 is 4.39 Å². The molecule has 0 spiro atoms. The summed E-state index contributed by atoms with van der Waals surface area (Å²) in [6.07, 6.45) is 16.9. The molecular weight excluding hydrogens is 433 g/mol. The third-order valence-electron chi connectivity index (χ3n) is 6.89. The Morgan fingerprint density at radius 2 is 1.89 bits per heavy atom. The summed E-state index contributed by atoms with van der Waals surface area (Å²) in [5.41, 5.74) is 10.6. The van der Waals surface area contributed by atoms with E-state index in [0.717, 1.165) is 54.6 Å². The van der Waals surface area contributed by atoms with E-state index in [2.05, 4.69) is 82.8 Å². The molecule has 1 heterocycles. The first-order valence-corrected chi connectivity index (χ1v) is 13.1. The molecule has 1 aliphatic heterocycles. The molecule has 4 heteroatoms. The zero-order chi connectivity index (χ0) is 26.0. The van der Waals surface area contributed by atoms with Crippen LogP contribution in [-0.4, -0.2) is 24.0 Å². The van der Waals surface area contributed by atoms with Crippen LogP contribution in [0.25, 0.3) is 5.70 Å². The van der Waals surface area contributed by atoms with E-state index in [1.807, 2.05) is 12.2 Å². The highest BCUT2D eigenvalue weighted by Gasteiger charge is 2.27. The van der Waals surface area contributed by atoms with Crippen LogP contribution in [0, 0.1) is 17.7 Å². The topological polar surface area (TPSA) is 41.3 Å². The number of nitrogens with one attached hydrogen (secondary N) is 1. The number of benzene rings is 1. The first-order valence-electron chi connectivity index (χ1n) is 13.1. The molecule has 0 saturated heterocycles. The fourth-order valence-corrected chi connectivity index (χ4v) is 4.47. The van der Waals surface area contributed by atoms with Gasteiger partial charge in [-0.3, -0.25) is 0 Å². The average molecular weight is 480 g/mol. The Kier molecular flexibility index (Phi) is 11.4. The summed E-state index contributed by atoms with van der Waals surface area (Å²) >= 11 is 0. The quantitative estimate of drug-likeness (QED) is 0.291. The van der Waals surface area contributed by atoms with Crippen molar-refractivity contribution in [2.24, 2.45) is 17.6 Å². The molecule has 3 N–H and O–H groups in total. The van der Waals surface area contributed by atoms with Crippen molar-refractivity contribution >= 4 is 5.70 Å². The van der Waals surface area contributed by atoms with E-state index in [-0.39, 0.29) is 17.9 Å². The molecule has 2 rings (SSSR count). The normalized spacial score (nSPS) is 18.2. The van der Waals surface area contributed by atoms with Gasteiger partial charge in [0.05, 0.1) is 6.04 Å². The molecule has 1 aromatic carbocycles. The van der Waals surface area contributed by atoms with Gasteiger partial charge in [-0.1, -0.05) is 58.9 Å². The maximum atomic E-state index is 14.6. The predicted octanol–water partition coefficient (Wildman–Crippen LogP) is 7.34. The molecule has 0 aliphatic carbocycles. The molecule has 0 saturated carbocycles. The number of aryl methyl sites for hydroxylation is 1. The van der Waals surface area contributed by atoms with Crippen molar-refractivity contribution in [3.63, 3.8) is 0 Å². The van der Waals surface area contributed by atoms with Gasteiger partial charge < -0.3 is 16.0 Å². The van der Waals surface area contributed by atoms with Crippen LogP contribution in [0.15, 0.2) is 72.6 Å². The lowest BCUT2D eigenvalue weighted by Crippen LogP contribution is -2.38. The zero-order valence-electron chi connectivity index (χ0n) is 22.7. The lowest BCUT2D eigenvalue weighted by atomic mass is 9.89. The molecule has 0 bridgehead atoms. The van der Waals surface area contributed by atoms with E-state index < -0.39 is 0 Å². The van der Waals surface area contributed by atoms with Gasteiger partial charge in [0, 0.05) is 30.0 Å². The molecule has 2 unspecified atom stereocenters. The van der Waals surface area contributed by atoms with E-state index in [1.165, 1.54) is 11.8 Å². The molecule has 3 atom stereocenters. The van der Waals surface area contributed by atoms with Gasteiger partial charge in [0.2, 0.25) is 0 Å². The van der Waals surface area contributed by atoms with Gasteiger partial charge in [-0.15, -0.1) is 0 Å². The minimum atomic E-state index is -0.167. The van der Waals surface area contributed by atoms with Crippen molar-refractivity contribution in [1.29, 1.82) is 0 Å². The summed E-state index contributed by atoms with van der Waals surface area (Å²) in [4.78, 5) is 2.31. The Morgan fingerprint density at radius 1 is 1.14 bits per heavy atom. The maximum Gasteiger partial charge on any atom is 0.124 e. The van der Waals surface area contributed by atoms with Gasteiger partial charge in [-0.05, 0) is 92.1 Å². The van der Waals surface area contributed by atoms with Crippen LogP contribution in [0.5, 0.6) is 0 Å². The van der Waals surface area contributed by atoms with Crippen molar-refractivity contribution in [2.45, 2.75) is 78.8 Å². The number of hydrogen-bond donors (Lipinski definition) is 2. The molecule has 192 valence electrons. The summed E-state index contributed by atoms with van der Waals surface area (Å²) in [6.45, 7) is 15.4. The second kappa shape index (κ2) is 14.0. The van der Waals surface area contributed by atoms with E-state index in [0.29, 0.717) is 11.8 Å². The molecule has 1 aliphatic rings. The maximum absolute atomic E-state index is 14.6. The fourth-order valence-electron chi connectivity index (χ4n) is 4.47. The van der Waals surface area contributed by atoms with Crippen LogP contribution in [-0.2, 0) is 6.42 Å². The number of allylic oxidation sites excluding steroid dienone is 4. The number of rotatable bonds is 13. The minimum Gasteiger partial charge on any atom is -0.405 e. The highest BCUT2D eigenvalue weighted by molar-refractivity contribution is 5.69. The van der Waals surface area contributed by atoms with Crippen molar-refractivity contribution in [2.75, 3.05) is 7.05 Å². The Labute approximate surface area is 213 Å². The highest BCUT2D eigenvalue weighted by atomic mass is 19.1. The fraction of sp³-hybridized carbons (Fsp3) is 0.484. The molecule has 35 heavy (non-hydrogen) atoms. The molecule has 1 aromatic rings. The number of halogens is 1. The van der Waals surface area contributed by atoms with E-state index in [1.54, 1.807) is 12.1 Å². The monoisotopic (exact) mass is 479 g/mol. The van der Waals surface area contributed by atoms with Crippen molar-refractivity contribution in [3.05, 3.63) is 89.6 Å². The van der Waals surface area contributed by atoms with Crippen LogP contribution in [0.1, 0.15) is 71.4 Å². The SMILES string of the molecule is C=C(NC(C)/C=C\C=C/N)C1=CC=C(c2cc(F)cc(CCC(C)C)c2)N(C)C1CC[C@H](C)CC. The first kappa shape index (κ1) is 28.5. The summed E-state index contributed by atoms with van der Waals surface area (Å²) in [5, 5.41) is 3.52. The molecule has 0 amide bonds. The summed E-state index contributed by atoms with van der Waals surface area (Å²) in [5.74, 6) is 1.08. The van der Waals surface area contributed by atoms with Crippen LogP contribution in [0.2, 0.25) is 0 Å². The average Bonchev–Trinajstić information content (AvgIpc) is 2.81. The second-order valence-corrected chi connectivity index (χ2v) is 10.4. The Bertz CT molecular complexity index is 954. The van der Waals surface area contributed by atoms with Crippen LogP contribution in [0.4, 0.5) is 4.39 Å². The van der Waals surface area contributed by atoms with Gasteiger partial charge in [0.1, 0.15) is 5.82 Å². The molecule has 0 aromatic heterocycles. The van der Waals surface area contributed by atoms with E-state index in [9.17, 15) is 4.39 Å². The van der Waals surface area contributed by atoms with Gasteiger partial charge in [0.15, 0.2) is 0 Å². The molecule has 0 fully saturated rings. The predicted molar refractivity (Wildman–Crippen MR) is 150 cm³/mol. The number of likely N-dealkylation sites (N-methyl/N-ethyl adjacent to an activating group) is 1. The molecular formula is C31H46FN3. The number of hydrogen-bond acceptors (Lipinski definition) is 3. The lowest BCUT2D eigenvalue weighted by molar-refractivity contribution is 0.334. The van der Waals surface area contributed by atoms with Crippen LogP contribution in [0.3, 0.4) is 0 Å². The standard InChI is InChI=1S/C31H46FN3/c1-8-23(4)13-16-31-29(25(6)34-24(5)11-9-10-18-33)15-17-30(35(31)7)27-19-26(14-12-22(2)3)20-28(32)21-27/h9-11,15,17-24,31,34H,6,8,12-14,16,33H2,1-5,7H3/b11-9-,18-10-/t23-,24?,31?/m1/s1.